The Balaban J connectivity index is 2.56. The Morgan fingerprint density at radius 3 is 2.29 bits per heavy atom. The normalized spacial score (nSPS) is 21.7. The van der Waals surface area contributed by atoms with Crippen molar-refractivity contribution in [2.24, 2.45) is 11.7 Å². The van der Waals surface area contributed by atoms with Crippen LogP contribution in [0.2, 0.25) is 0 Å². The van der Waals surface area contributed by atoms with Gasteiger partial charge in [0.25, 0.3) is 0 Å². The fourth-order valence-corrected chi connectivity index (χ4v) is 3.50. The molecule has 1 aliphatic rings. The molecule has 0 aliphatic carbocycles. The van der Waals surface area contributed by atoms with Gasteiger partial charge in [0.15, 0.2) is 0 Å². The molecule has 0 aromatic rings. The first kappa shape index (κ1) is 11.9. The third-order valence-corrected chi connectivity index (χ3v) is 4.68. The second-order valence-electron chi connectivity index (χ2n) is 4.41. The first-order valence-electron chi connectivity index (χ1n) is 5.15. The summed E-state index contributed by atoms with van der Waals surface area (Å²) in [7, 11) is -3.03. The summed E-state index contributed by atoms with van der Waals surface area (Å²) >= 11 is 0. The maximum Gasteiger partial charge on any atom is 0.214 e. The Morgan fingerprint density at radius 1 is 1.36 bits per heavy atom. The predicted octanol–water partition coefficient (Wildman–Crippen LogP) is 0.395. The van der Waals surface area contributed by atoms with Crippen molar-refractivity contribution >= 4 is 10.0 Å². The lowest BCUT2D eigenvalue weighted by Gasteiger charge is -2.29. The van der Waals surface area contributed by atoms with Gasteiger partial charge in [0.2, 0.25) is 10.0 Å². The minimum absolute atomic E-state index is 0.181. The molecule has 4 nitrogen and oxygen atoms in total. The van der Waals surface area contributed by atoms with E-state index in [0.717, 1.165) is 12.8 Å². The van der Waals surface area contributed by atoms with Crippen LogP contribution in [0.3, 0.4) is 0 Å². The van der Waals surface area contributed by atoms with Crippen molar-refractivity contribution in [3.8, 4) is 0 Å². The van der Waals surface area contributed by atoms with Crippen LogP contribution >= 0.6 is 0 Å². The molecular weight excluding hydrogens is 200 g/mol. The lowest BCUT2D eigenvalue weighted by atomic mass is 10.1. The summed E-state index contributed by atoms with van der Waals surface area (Å²) in [5.74, 6) is 0.443. The summed E-state index contributed by atoms with van der Waals surface area (Å²) in [5, 5.41) is 0. The van der Waals surface area contributed by atoms with E-state index >= 15 is 0 Å². The van der Waals surface area contributed by atoms with Crippen LogP contribution in [0.5, 0.6) is 0 Å². The van der Waals surface area contributed by atoms with Gasteiger partial charge in [-0.1, -0.05) is 13.8 Å². The van der Waals surface area contributed by atoms with Gasteiger partial charge in [0, 0.05) is 19.1 Å². The molecule has 0 unspecified atom stereocenters. The van der Waals surface area contributed by atoms with Gasteiger partial charge in [0.1, 0.15) is 0 Å². The highest BCUT2D eigenvalue weighted by atomic mass is 32.2. The van der Waals surface area contributed by atoms with Crippen LogP contribution in [0.15, 0.2) is 0 Å². The zero-order valence-corrected chi connectivity index (χ0v) is 9.76. The molecule has 2 N–H and O–H groups in total. The molecule has 0 spiro atoms. The summed E-state index contributed by atoms with van der Waals surface area (Å²) in [6.45, 7) is 5.03. The number of rotatable bonds is 3. The number of sulfonamides is 1. The second kappa shape index (κ2) is 4.59. The van der Waals surface area contributed by atoms with E-state index in [9.17, 15) is 8.42 Å². The van der Waals surface area contributed by atoms with Gasteiger partial charge >= 0.3 is 0 Å². The highest BCUT2D eigenvalue weighted by Crippen LogP contribution is 2.14. The van der Waals surface area contributed by atoms with Gasteiger partial charge in [-0.2, -0.15) is 0 Å². The van der Waals surface area contributed by atoms with Crippen molar-refractivity contribution in [3.63, 3.8) is 0 Å². The van der Waals surface area contributed by atoms with Crippen molar-refractivity contribution in [2.75, 3.05) is 18.8 Å². The van der Waals surface area contributed by atoms with Gasteiger partial charge in [0.05, 0.1) is 5.75 Å². The molecule has 0 aromatic carbocycles. The van der Waals surface area contributed by atoms with Gasteiger partial charge in [-0.3, -0.25) is 0 Å². The number of hydrogen-bond donors (Lipinski definition) is 1. The maximum atomic E-state index is 11.8. The van der Waals surface area contributed by atoms with Crippen LogP contribution < -0.4 is 5.73 Å². The van der Waals surface area contributed by atoms with Crippen LogP contribution in [-0.4, -0.2) is 37.6 Å². The van der Waals surface area contributed by atoms with Crippen molar-refractivity contribution in [1.82, 2.24) is 4.31 Å². The van der Waals surface area contributed by atoms with Crippen LogP contribution in [0.4, 0.5) is 0 Å². The van der Waals surface area contributed by atoms with Crippen molar-refractivity contribution in [2.45, 2.75) is 32.7 Å². The Labute approximate surface area is 86.5 Å². The van der Waals surface area contributed by atoms with E-state index in [4.69, 9.17) is 5.73 Å². The number of nitrogens with zero attached hydrogens (tertiary/aromatic N) is 1. The van der Waals surface area contributed by atoms with Crippen LogP contribution in [-0.2, 0) is 10.0 Å². The first-order chi connectivity index (χ1) is 6.42. The summed E-state index contributed by atoms with van der Waals surface area (Å²) in [6.07, 6.45) is 1.58. The number of piperidine rings is 1. The van der Waals surface area contributed by atoms with E-state index in [0.29, 0.717) is 13.1 Å². The predicted molar refractivity (Wildman–Crippen MR) is 57.4 cm³/mol. The monoisotopic (exact) mass is 220 g/mol. The van der Waals surface area contributed by atoms with E-state index in [-0.39, 0.29) is 17.7 Å². The third-order valence-electron chi connectivity index (χ3n) is 2.44. The highest BCUT2D eigenvalue weighted by molar-refractivity contribution is 7.89. The van der Waals surface area contributed by atoms with Crippen LogP contribution in [0.25, 0.3) is 0 Å². The van der Waals surface area contributed by atoms with E-state index < -0.39 is 10.0 Å². The van der Waals surface area contributed by atoms with Gasteiger partial charge in [-0.15, -0.1) is 0 Å². The smallest absolute Gasteiger partial charge is 0.214 e. The number of hydrogen-bond acceptors (Lipinski definition) is 3. The zero-order valence-electron chi connectivity index (χ0n) is 8.94. The molecule has 0 aromatic heterocycles. The summed E-state index contributed by atoms with van der Waals surface area (Å²) in [4.78, 5) is 0. The van der Waals surface area contributed by atoms with E-state index in [1.165, 1.54) is 0 Å². The molecule has 0 amide bonds. The molecule has 1 saturated heterocycles. The fraction of sp³-hybridized carbons (Fsp3) is 1.00. The Morgan fingerprint density at radius 2 is 1.86 bits per heavy atom. The SMILES string of the molecule is CC(C)CS(=O)(=O)N1CCC(N)CC1. The summed E-state index contributed by atoms with van der Waals surface area (Å²) in [5.41, 5.74) is 5.72. The molecule has 1 fully saturated rings. The molecule has 0 bridgehead atoms. The van der Waals surface area contributed by atoms with Crippen molar-refractivity contribution in [3.05, 3.63) is 0 Å². The topological polar surface area (TPSA) is 63.4 Å². The molecule has 1 aliphatic heterocycles. The minimum atomic E-state index is -3.03. The standard InChI is InChI=1S/C9H20N2O2S/c1-8(2)7-14(12,13)11-5-3-9(10)4-6-11/h8-9H,3-7,10H2,1-2H3. The van der Waals surface area contributed by atoms with E-state index in [1.807, 2.05) is 13.8 Å². The van der Waals surface area contributed by atoms with Gasteiger partial charge in [-0.05, 0) is 18.8 Å². The average Bonchev–Trinajstić information content (AvgIpc) is 2.02. The summed E-state index contributed by atoms with van der Waals surface area (Å²) < 4.78 is 25.2. The molecule has 14 heavy (non-hydrogen) atoms. The second-order valence-corrected chi connectivity index (χ2v) is 6.42. The Hall–Kier alpha value is -0.130. The lowest BCUT2D eigenvalue weighted by molar-refractivity contribution is 0.318. The quantitative estimate of drug-likeness (QED) is 0.748. The van der Waals surface area contributed by atoms with Crippen LogP contribution in [0, 0.1) is 5.92 Å². The zero-order chi connectivity index (χ0) is 10.8. The number of nitrogens with two attached hydrogens (primary N) is 1. The highest BCUT2D eigenvalue weighted by Gasteiger charge is 2.26. The molecule has 1 heterocycles. The van der Waals surface area contributed by atoms with E-state index in [1.54, 1.807) is 4.31 Å². The molecule has 5 heteroatoms. The van der Waals surface area contributed by atoms with Crippen molar-refractivity contribution < 1.29 is 8.42 Å². The molecule has 0 atom stereocenters. The molecule has 1 rings (SSSR count). The fourth-order valence-electron chi connectivity index (χ4n) is 1.68. The molecule has 0 saturated carbocycles. The van der Waals surface area contributed by atoms with E-state index in [2.05, 4.69) is 0 Å². The molecule has 0 radical (unpaired) electrons. The average molecular weight is 220 g/mol. The molecule has 84 valence electrons. The largest absolute Gasteiger partial charge is 0.328 e. The lowest BCUT2D eigenvalue weighted by Crippen LogP contribution is -2.44. The van der Waals surface area contributed by atoms with Crippen LogP contribution in [0.1, 0.15) is 26.7 Å². The minimum Gasteiger partial charge on any atom is -0.328 e. The summed E-state index contributed by atoms with van der Waals surface area (Å²) in [6, 6.07) is 0.181. The third kappa shape index (κ3) is 3.22. The molecular formula is C9H20N2O2S. The maximum absolute atomic E-state index is 11.8. The van der Waals surface area contributed by atoms with Gasteiger partial charge < -0.3 is 5.73 Å². The first-order valence-corrected chi connectivity index (χ1v) is 6.76. The Bertz CT molecular complexity index is 267. The van der Waals surface area contributed by atoms with Gasteiger partial charge in [-0.25, -0.2) is 12.7 Å². The van der Waals surface area contributed by atoms with Crippen molar-refractivity contribution in [1.29, 1.82) is 0 Å². The Kier molecular flexibility index (Phi) is 3.92.